The number of esters is 1. The van der Waals surface area contributed by atoms with Crippen molar-refractivity contribution in [2.24, 2.45) is 11.3 Å². The van der Waals surface area contributed by atoms with Crippen LogP contribution in [0.15, 0.2) is 54.6 Å². The Bertz CT molecular complexity index is 1540. The third-order valence-electron chi connectivity index (χ3n) is 11.0. The molecule has 3 aliphatic carbocycles. The number of hydrogen-bond acceptors (Lipinski definition) is 9. The van der Waals surface area contributed by atoms with Crippen LogP contribution in [0.25, 0.3) is 6.08 Å². The average molecular weight is 615 g/mol. The number of nitrogens with one attached hydrogen (secondary N) is 1. The molecule has 9 rings (SSSR count). The second kappa shape index (κ2) is 10.4. The predicted octanol–water partition coefficient (Wildman–Crippen LogP) is 2.45. The van der Waals surface area contributed by atoms with Gasteiger partial charge in [-0.3, -0.25) is 14.4 Å². The van der Waals surface area contributed by atoms with E-state index in [1.165, 1.54) is 11.1 Å². The number of hydrogen-bond donors (Lipinski definition) is 2. The van der Waals surface area contributed by atoms with Gasteiger partial charge in [0.15, 0.2) is 11.8 Å². The quantitative estimate of drug-likeness (QED) is 0.358. The van der Waals surface area contributed by atoms with E-state index < -0.39 is 47.6 Å². The molecule has 0 radical (unpaired) electrons. The third kappa shape index (κ3) is 4.52. The molecule has 2 aromatic carbocycles. The Morgan fingerprint density at radius 2 is 1.84 bits per heavy atom. The highest BCUT2D eigenvalue weighted by molar-refractivity contribution is 5.93. The van der Waals surface area contributed by atoms with Gasteiger partial charge in [0.05, 0.1) is 25.4 Å². The number of epoxide rings is 1. The summed E-state index contributed by atoms with van der Waals surface area (Å²) in [6.45, 7) is 0.152. The molecular formula is C35H38N2O8. The van der Waals surface area contributed by atoms with Gasteiger partial charge in [0.2, 0.25) is 5.91 Å². The number of hydroxylamine groups is 2. The van der Waals surface area contributed by atoms with E-state index in [4.69, 9.17) is 23.8 Å². The normalized spacial score (nSPS) is 38.6. The second-order valence-electron chi connectivity index (χ2n) is 13.8. The first-order chi connectivity index (χ1) is 21.9. The topological polar surface area (TPSA) is 119 Å². The zero-order chi connectivity index (χ0) is 30.3. The molecule has 1 spiro atoms. The molecule has 45 heavy (non-hydrogen) atoms. The molecule has 4 aliphatic heterocycles. The molecule has 10 heteroatoms. The van der Waals surface area contributed by atoms with Crippen LogP contribution in [0.1, 0.15) is 47.9 Å². The zero-order valence-electron chi connectivity index (χ0n) is 25.0. The van der Waals surface area contributed by atoms with Crippen molar-refractivity contribution < 1.29 is 38.5 Å². The Labute approximate surface area is 261 Å². The van der Waals surface area contributed by atoms with E-state index in [-0.39, 0.29) is 32.0 Å². The molecule has 9 unspecified atom stereocenters. The van der Waals surface area contributed by atoms with Crippen LogP contribution >= 0.6 is 0 Å². The summed E-state index contributed by atoms with van der Waals surface area (Å²) >= 11 is 0. The standard InChI is InChI=1S/C35H38N2O8/c38-13-12-36-33(40)35-18-27-28-29(44-34(43-28)16-23-6-1-2-7-24(23)17-34)31(35)45-37(30(35)32(39)42-27)19-22-5-3-4-20(14-22)8-9-21-10-11-25-26(15-21)41-25/h1-9,14,21,25-31,38H,10-13,15-19H2,(H,36,40). The van der Waals surface area contributed by atoms with E-state index in [1.807, 2.05) is 24.3 Å². The van der Waals surface area contributed by atoms with Gasteiger partial charge in [0, 0.05) is 25.8 Å². The number of carbonyl (C=O) groups is 2. The van der Waals surface area contributed by atoms with Crippen molar-refractivity contribution in [2.45, 2.75) is 93.5 Å². The molecule has 0 aromatic heterocycles. The summed E-state index contributed by atoms with van der Waals surface area (Å²) in [5.74, 6) is -1.22. The summed E-state index contributed by atoms with van der Waals surface area (Å²) in [5, 5.41) is 14.0. The molecule has 10 nitrogen and oxygen atoms in total. The lowest BCUT2D eigenvalue weighted by atomic mass is 9.62. The molecule has 4 saturated heterocycles. The minimum Gasteiger partial charge on any atom is -0.458 e. The van der Waals surface area contributed by atoms with Crippen LogP contribution in [-0.4, -0.2) is 83.7 Å². The van der Waals surface area contributed by atoms with Gasteiger partial charge in [-0.1, -0.05) is 60.7 Å². The molecule has 1 amide bonds. The highest BCUT2D eigenvalue weighted by Gasteiger charge is 2.76. The lowest BCUT2D eigenvalue weighted by molar-refractivity contribution is -0.217. The van der Waals surface area contributed by atoms with Crippen LogP contribution in [0.2, 0.25) is 0 Å². The smallest absolute Gasteiger partial charge is 0.327 e. The first kappa shape index (κ1) is 28.1. The van der Waals surface area contributed by atoms with E-state index in [1.54, 1.807) is 5.06 Å². The minimum atomic E-state index is -1.25. The maximum atomic E-state index is 14.0. The van der Waals surface area contributed by atoms with E-state index in [2.05, 4.69) is 41.7 Å². The number of nitrogens with zero attached hydrogens (tertiary/aromatic N) is 1. The Hall–Kier alpha value is -3.12. The minimum absolute atomic E-state index is 0.0767. The average Bonchev–Trinajstić information content (AvgIpc) is 3.39. The second-order valence-corrected chi connectivity index (χ2v) is 13.8. The summed E-state index contributed by atoms with van der Waals surface area (Å²) in [7, 11) is 0. The molecule has 4 heterocycles. The maximum Gasteiger partial charge on any atom is 0.327 e. The fourth-order valence-corrected chi connectivity index (χ4v) is 8.93. The number of carbonyl (C=O) groups excluding carboxylic acids is 2. The van der Waals surface area contributed by atoms with Crippen molar-refractivity contribution in [1.29, 1.82) is 0 Å². The SMILES string of the molecule is O=C1OC2CC3(C(=O)NCCO)C(ON(Cc4cccc(C=CC5CCC6OC6C5)c4)C13)C1OC3(Cc4ccccc4C3)OC21. The van der Waals surface area contributed by atoms with Crippen LogP contribution in [-0.2, 0) is 52.8 Å². The fraction of sp³-hybridized carbons (Fsp3) is 0.543. The number of ether oxygens (including phenoxy) is 4. The Morgan fingerprint density at radius 3 is 2.64 bits per heavy atom. The van der Waals surface area contributed by atoms with Crippen LogP contribution < -0.4 is 5.32 Å². The van der Waals surface area contributed by atoms with Crippen molar-refractivity contribution in [2.75, 3.05) is 13.2 Å². The van der Waals surface area contributed by atoms with Gasteiger partial charge >= 0.3 is 5.97 Å². The first-order valence-electron chi connectivity index (χ1n) is 16.3. The largest absolute Gasteiger partial charge is 0.458 e. The zero-order valence-corrected chi connectivity index (χ0v) is 25.0. The van der Waals surface area contributed by atoms with Gasteiger partial charge in [-0.2, -0.15) is 5.06 Å². The Balaban J connectivity index is 1.01. The van der Waals surface area contributed by atoms with Crippen LogP contribution in [0.5, 0.6) is 0 Å². The molecule has 6 fully saturated rings. The number of rotatable bonds is 7. The number of allylic oxidation sites excluding steroid dienone is 1. The van der Waals surface area contributed by atoms with Crippen molar-refractivity contribution >= 4 is 18.0 Å². The molecular weight excluding hydrogens is 576 g/mol. The van der Waals surface area contributed by atoms with Gasteiger partial charge in [-0.15, -0.1) is 0 Å². The lowest BCUT2D eigenvalue weighted by Gasteiger charge is -2.48. The summed E-state index contributed by atoms with van der Waals surface area (Å²) < 4.78 is 25.2. The van der Waals surface area contributed by atoms with Crippen molar-refractivity contribution in [3.8, 4) is 0 Å². The van der Waals surface area contributed by atoms with Crippen molar-refractivity contribution in [1.82, 2.24) is 10.4 Å². The number of amides is 1. The van der Waals surface area contributed by atoms with Gasteiger partial charge in [0.1, 0.15) is 29.8 Å². The fourth-order valence-electron chi connectivity index (χ4n) is 8.93. The first-order valence-corrected chi connectivity index (χ1v) is 16.3. The monoisotopic (exact) mass is 614 g/mol. The van der Waals surface area contributed by atoms with Gasteiger partial charge in [0.25, 0.3) is 0 Å². The number of aliphatic hydroxyl groups is 1. The van der Waals surface area contributed by atoms with Crippen molar-refractivity contribution in [3.05, 3.63) is 76.9 Å². The van der Waals surface area contributed by atoms with Gasteiger partial charge in [-0.05, 0) is 47.4 Å². The highest BCUT2D eigenvalue weighted by atomic mass is 16.8. The maximum absolute atomic E-state index is 14.0. The van der Waals surface area contributed by atoms with Crippen LogP contribution in [0.4, 0.5) is 0 Å². The van der Waals surface area contributed by atoms with E-state index in [9.17, 15) is 14.7 Å². The van der Waals surface area contributed by atoms with Gasteiger partial charge in [-0.25, -0.2) is 0 Å². The van der Waals surface area contributed by atoms with E-state index in [0.29, 0.717) is 31.0 Å². The van der Waals surface area contributed by atoms with Crippen LogP contribution in [0, 0.1) is 11.3 Å². The highest BCUT2D eigenvalue weighted by Crippen LogP contribution is 2.58. The summed E-state index contributed by atoms with van der Waals surface area (Å²) in [6, 6.07) is 15.4. The lowest BCUT2D eigenvalue weighted by Crippen LogP contribution is -2.69. The molecule has 236 valence electrons. The Kier molecular flexibility index (Phi) is 6.53. The predicted molar refractivity (Wildman–Crippen MR) is 159 cm³/mol. The summed E-state index contributed by atoms with van der Waals surface area (Å²) in [6.07, 6.45) is 7.55. The van der Waals surface area contributed by atoms with Crippen molar-refractivity contribution in [3.63, 3.8) is 0 Å². The van der Waals surface area contributed by atoms with E-state index >= 15 is 0 Å². The molecule has 2 saturated carbocycles. The van der Waals surface area contributed by atoms with E-state index in [0.717, 1.165) is 30.4 Å². The molecule has 2 aromatic rings. The summed E-state index contributed by atoms with van der Waals surface area (Å²) in [5.41, 5.74) is 3.10. The number of fused-ring (bicyclic) bond motifs is 6. The van der Waals surface area contributed by atoms with Crippen LogP contribution in [0.3, 0.4) is 0 Å². The molecule has 2 bridgehead atoms. The third-order valence-corrected chi connectivity index (χ3v) is 11.0. The summed E-state index contributed by atoms with van der Waals surface area (Å²) in [4.78, 5) is 34.5. The number of aliphatic hydroxyl groups excluding tert-OH is 1. The van der Waals surface area contributed by atoms with Gasteiger partial charge < -0.3 is 29.4 Å². The number of benzene rings is 2. The molecule has 2 N–H and O–H groups in total. The molecule has 7 aliphatic rings. The Morgan fingerprint density at radius 1 is 1.02 bits per heavy atom. The molecule has 9 atom stereocenters.